The average molecular weight is 573 g/mol. The predicted octanol–water partition coefficient (Wildman–Crippen LogP) is 5.69. The van der Waals surface area contributed by atoms with Crippen molar-refractivity contribution in [3.8, 4) is 23.0 Å². The normalized spacial score (nSPS) is 19.4. The summed E-state index contributed by atoms with van der Waals surface area (Å²) < 4.78 is 22.1. The van der Waals surface area contributed by atoms with Crippen molar-refractivity contribution in [2.45, 2.75) is 38.1 Å². The topological polar surface area (TPSA) is 77.5 Å². The SMILES string of the molecule is COc1ccc([C@H]2[C@@H](C(=O)N3CCC(Cc4ccccc4)CC3)CCC(=O)N2c2cc(OC)c(OC)c(OC)c2)cc1. The van der Waals surface area contributed by atoms with Crippen LogP contribution in [0, 0.1) is 11.8 Å². The van der Waals surface area contributed by atoms with Crippen molar-refractivity contribution in [2.75, 3.05) is 46.4 Å². The summed E-state index contributed by atoms with van der Waals surface area (Å²) in [4.78, 5) is 31.7. The van der Waals surface area contributed by atoms with E-state index in [9.17, 15) is 9.59 Å². The van der Waals surface area contributed by atoms with Crippen LogP contribution in [0.25, 0.3) is 0 Å². The molecule has 0 bridgehead atoms. The van der Waals surface area contributed by atoms with E-state index >= 15 is 0 Å². The number of anilines is 1. The van der Waals surface area contributed by atoms with Crippen molar-refractivity contribution >= 4 is 17.5 Å². The molecule has 3 aromatic carbocycles. The molecule has 0 unspecified atom stereocenters. The fraction of sp³-hybridized carbons (Fsp3) is 0.412. The molecule has 0 radical (unpaired) electrons. The van der Waals surface area contributed by atoms with E-state index in [1.807, 2.05) is 35.2 Å². The molecular formula is C34H40N2O6. The van der Waals surface area contributed by atoms with Crippen LogP contribution in [0.2, 0.25) is 0 Å². The highest BCUT2D eigenvalue weighted by atomic mass is 16.5. The maximum absolute atomic E-state index is 14.2. The van der Waals surface area contributed by atoms with Gasteiger partial charge in [-0.15, -0.1) is 0 Å². The van der Waals surface area contributed by atoms with Crippen molar-refractivity contribution in [3.05, 3.63) is 77.9 Å². The number of amides is 2. The molecule has 2 heterocycles. The molecule has 8 nitrogen and oxygen atoms in total. The van der Waals surface area contributed by atoms with Crippen LogP contribution in [0.1, 0.15) is 42.9 Å². The summed E-state index contributed by atoms with van der Waals surface area (Å²) in [6.45, 7) is 1.45. The molecule has 5 rings (SSSR count). The standard InChI is InChI=1S/C34H40N2O6/c1-39-27-12-10-25(11-13-27)32-28(34(38)35-18-16-24(17-19-35)20-23-8-6-5-7-9-23)14-15-31(37)36(32)26-21-29(40-2)33(42-4)30(22-26)41-3/h5-13,21-22,24,28,32H,14-20H2,1-4H3/t28-,32-/m0/s1. The van der Waals surface area contributed by atoms with E-state index in [2.05, 4.69) is 24.3 Å². The van der Waals surface area contributed by atoms with Crippen molar-refractivity contribution < 1.29 is 28.5 Å². The van der Waals surface area contributed by atoms with Gasteiger partial charge in [0, 0.05) is 31.6 Å². The Morgan fingerprint density at radius 1 is 0.810 bits per heavy atom. The number of rotatable bonds is 9. The van der Waals surface area contributed by atoms with Crippen LogP contribution in [0.3, 0.4) is 0 Å². The highest BCUT2D eigenvalue weighted by Gasteiger charge is 2.44. The van der Waals surface area contributed by atoms with E-state index in [1.54, 1.807) is 45.5 Å². The fourth-order valence-electron chi connectivity index (χ4n) is 6.38. The van der Waals surface area contributed by atoms with E-state index < -0.39 is 12.0 Å². The van der Waals surface area contributed by atoms with Gasteiger partial charge in [-0.25, -0.2) is 0 Å². The van der Waals surface area contributed by atoms with Crippen LogP contribution >= 0.6 is 0 Å². The molecule has 0 spiro atoms. The number of ether oxygens (including phenoxy) is 4. The monoisotopic (exact) mass is 572 g/mol. The van der Waals surface area contributed by atoms with Crippen LogP contribution in [-0.4, -0.2) is 58.2 Å². The second-order valence-corrected chi connectivity index (χ2v) is 11.0. The lowest BCUT2D eigenvalue weighted by atomic mass is 9.82. The molecule has 2 saturated heterocycles. The minimum atomic E-state index is -0.505. The van der Waals surface area contributed by atoms with Crippen molar-refractivity contribution in [3.63, 3.8) is 0 Å². The second-order valence-electron chi connectivity index (χ2n) is 11.0. The molecule has 2 aliphatic rings. The number of hydrogen-bond acceptors (Lipinski definition) is 6. The van der Waals surface area contributed by atoms with E-state index in [0.717, 1.165) is 37.9 Å². The minimum absolute atomic E-state index is 0.0595. The van der Waals surface area contributed by atoms with Gasteiger partial charge in [-0.3, -0.25) is 9.59 Å². The summed E-state index contributed by atoms with van der Waals surface area (Å²) >= 11 is 0. The van der Waals surface area contributed by atoms with E-state index in [4.69, 9.17) is 18.9 Å². The summed E-state index contributed by atoms with van der Waals surface area (Å²) in [7, 11) is 6.26. The van der Waals surface area contributed by atoms with Crippen molar-refractivity contribution in [2.24, 2.45) is 11.8 Å². The Labute approximate surface area is 248 Å². The van der Waals surface area contributed by atoms with Gasteiger partial charge in [0.05, 0.1) is 46.1 Å². The number of carbonyl (C=O) groups excluding carboxylic acids is 2. The number of likely N-dealkylation sites (tertiary alicyclic amines) is 1. The van der Waals surface area contributed by atoms with Gasteiger partial charge in [0.1, 0.15) is 5.75 Å². The maximum Gasteiger partial charge on any atom is 0.228 e. The number of nitrogens with zero attached hydrogens (tertiary/aromatic N) is 2. The molecule has 2 aliphatic heterocycles. The van der Waals surface area contributed by atoms with Gasteiger partial charge in [-0.2, -0.15) is 0 Å². The molecule has 42 heavy (non-hydrogen) atoms. The van der Waals surface area contributed by atoms with Crippen LogP contribution < -0.4 is 23.8 Å². The Balaban J connectivity index is 1.46. The zero-order valence-corrected chi connectivity index (χ0v) is 24.9. The van der Waals surface area contributed by atoms with E-state index in [-0.39, 0.29) is 18.2 Å². The Morgan fingerprint density at radius 3 is 2.02 bits per heavy atom. The van der Waals surface area contributed by atoms with Gasteiger partial charge in [0.2, 0.25) is 17.6 Å². The Morgan fingerprint density at radius 2 is 1.45 bits per heavy atom. The summed E-state index contributed by atoms with van der Waals surface area (Å²) in [6, 6.07) is 21.2. The molecule has 0 aromatic heterocycles. The first kappa shape index (κ1) is 29.3. The zero-order valence-electron chi connectivity index (χ0n) is 24.9. The Kier molecular flexibility index (Phi) is 9.20. The second kappa shape index (κ2) is 13.2. The van der Waals surface area contributed by atoms with Crippen molar-refractivity contribution in [1.29, 1.82) is 0 Å². The quantitative estimate of drug-likeness (QED) is 0.328. The number of benzene rings is 3. The molecule has 2 atom stereocenters. The summed E-state index contributed by atoms with van der Waals surface area (Å²) in [5.41, 5.74) is 2.80. The smallest absolute Gasteiger partial charge is 0.228 e. The predicted molar refractivity (Wildman–Crippen MR) is 161 cm³/mol. The summed E-state index contributed by atoms with van der Waals surface area (Å²) in [5.74, 6) is 2.24. The average Bonchev–Trinajstić information content (AvgIpc) is 3.04. The van der Waals surface area contributed by atoms with Gasteiger partial charge < -0.3 is 28.7 Å². The van der Waals surface area contributed by atoms with Gasteiger partial charge in [-0.1, -0.05) is 42.5 Å². The Bertz CT molecular complexity index is 1340. The minimum Gasteiger partial charge on any atom is -0.497 e. The molecule has 0 saturated carbocycles. The van der Waals surface area contributed by atoms with Gasteiger partial charge in [0.15, 0.2) is 11.5 Å². The first-order valence-electron chi connectivity index (χ1n) is 14.6. The van der Waals surface area contributed by atoms with Gasteiger partial charge in [0.25, 0.3) is 0 Å². The summed E-state index contributed by atoms with van der Waals surface area (Å²) in [6.07, 6.45) is 3.72. The summed E-state index contributed by atoms with van der Waals surface area (Å²) in [5, 5.41) is 0. The van der Waals surface area contributed by atoms with E-state index in [0.29, 0.717) is 41.0 Å². The third-order valence-electron chi connectivity index (χ3n) is 8.59. The lowest BCUT2D eigenvalue weighted by Gasteiger charge is -2.43. The van der Waals surface area contributed by atoms with E-state index in [1.165, 1.54) is 5.56 Å². The largest absolute Gasteiger partial charge is 0.497 e. The maximum atomic E-state index is 14.2. The van der Waals surface area contributed by atoms with Gasteiger partial charge in [-0.05, 0) is 54.9 Å². The first-order valence-corrected chi connectivity index (χ1v) is 14.6. The third kappa shape index (κ3) is 6.03. The van der Waals surface area contributed by atoms with Crippen LogP contribution in [0.15, 0.2) is 66.7 Å². The zero-order chi connectivity index (χ0) is 29.6. The third-order valence-corrected chi connectivity index (χ3v) is 8.59. The van der Waals surface area contributed by atoms with Crippen LogP contribution in [0.5, 0.6) is 23.0 Å². The number of methoxy groups -OCH3 is 4. The Hall–Kier alpha value is -4.20. The van der Waals surface area contributed by atoms with Crippen LogP contribution in [-0.2, 0) is 16.0 Å². The molecular weight excluding hydrogens is 532 g/mol. The molecule has 222 valence electrons. The number of piperidine rings is 2. The molecule has 8 heteroatoms. The van der Waals surface area contributed by atoms with Crippen molar-refractivity contribution in [1.82, 2.24) is 4.90 Å². The first-order chi connectivity index (χ1) is 20.5. The number of hydrogen-bond donors (Lipinski definition) is 0. The highest BCUT2D eigenvalue weighted by molar-refractivity contribution is 5.98. The molecule has 0 aliphatic carbocycles. The lowest BCUT2D eigenvalue weighted by Crippen LogP contribution is -2.50. The van der Waals surface area contributed by atoms with Gasteiger partial charge >= 0.3 is 0 Å². The lowest BCUT2D eigenvalue weighted by molar-refractivity contribution is -0.139. The van der Waals surface area contributed by atoms with Crippen LogP contribution in [0.4, 0.5) is 5.69 Å². The molecule has 0 N–H and O–H groups in total. The molecule has 2 fully saturated rings. The highest BCUT2D eigenvalue weighted by Crippen LogP contribution is 2.47. The molecule has 3 aromatic rings. The molecule has 2 amide bonds. The fourth-order valence-corrected chi connectivity index (χ4v) is 6.38. The number of carbonyl (C=O) groups is 2.